The molecule has 0 saturated carbocycles. The van der Waals surface area contributed by atoms with Gasteiger partial charge in [0.2, 0.25) is 5.95 Å². The predicted octanol–water partition coefficient (Wildman–Crippen LogP) is -0.819. The van der Waals surface area contributed by atoms with E-state index in [1.807, 2.05) is 0 Å². The van der Waals surface area contributed by atoms with Crippen molar-refractivity contribution in [1.82, 2.24) is 14.5 Å². The summed E-state index contributed by atoms with van der Waals surface area (Å²) in [4.78, 5) is 8.04. The minimum Gasteiger partial charge on any atom is -0.392 e. The lowest BCUT2D eigenvalue weighted by atomic mass is 9.95. The maximum atomic E-state index is 10.6. The zero-order chi connectivity index (χ0) is 15.4. The van der Waals surface area contributed by atoms with E-state index in [1.54, 1.807) is 22.9 Å². The lowest BCUT2D eigenvalue weighted by Gasteiger charge is -2.30. The van der Waals surface area contributed by atoms with Crippen molar-refractivity contribution in [3.63, 3.8) is 0 Å². The van der Waals surface area contributed by atoms with Crippen molar-refractivity contribution in [2.45, 2.75) is 24.7 Å². The number of anilines is 2. The highest BCUT2D eigenvalue weighted by Crippen LogP contribution is 2.40. The molecule has 2 aromatic rings. The summed E-state index contributed by atoms with van der Waals surface area (Å²) in [7, 11) is 0. The molecule has 112 valence electrons. The number of fused-ring (bicyclic) bond motifs is 1. The first-order valence-electron chi connectivity index (χ1n) is 6.47. The Labute approximate surface area is 120 Å². The number of nitrogens with zero attached hydrogens (tertiary/aromatic N) is 3. The van der Waals surface area contributed by atoms with E-state index in [1.165, 1.54) is 6.92 Å². The van der Waals surface area contributed by atoms with E-state index in [0.717, 1.165) is 0 Å². The largest absolute Gasteiger partial charge is 0.392 e. The summed E-state index contributed by atoms with van der Waals surface area (Å²) < 4.78 is 1.66. The molecule has 8 nitrogen and oxygen atoms in total. The van der Waals surface area contributed by atoms with Crippen molar-refractivity contribution in [1.29, 1.82) is 0 Å². The van der Waals surface area contributed by atoms with Crippen LogP contribution in [0.3, 0.4) is 0 Å². The fraction of sp³-hybridized carbons (Fsp3) is 0.385. The van der Waals surface area contributed by atoms with Gasteiger partial charge in [-0.1, -0.05) is 6.08 Å². The number of nitrogens with two attached hydrogens (primary N) is 2. The Morgan fingerprint density at radius 3 is 2.71 bits per heavy atom. The lowest BCUT2D eigenvalue weighted by molar-refractivity contribution is -0.0566. The number of aliphatic hydroxyl groups excluding tert-OH is 2. The highest BCUT2D eigenvalue weighted by Gasteiger charge is 2.46. The van der Waals surface area contributed by atoms with Gasteiger partial charge in [-0.2, -0.15) is 9.97 Å². The van der Waals surface area contributed by atoms with Crippen LogP contribution < -0.4 is 11.5 Å². The molecule has 0 bridgehead atoms. The SMILES string of the molecule is C[C@@]1(O)[C@H](O)C(CO)=C[C@H]1n1ccc2c(N)nc(N)nc21. The predicted molar refractivity (Wildman–Crippen MR) is 77.2 cm³/mol. The molecule has 0 aliphatic heterocycles. The summed E-state index contributed by atoms with van der Waals surface area (Å²) >= 11 is 0. The van der Waals surface area contributed by atoms with E-state index in [2.05, 4.69) is 9.97 Å². The summed E-state index contributed by atoms with van der Waals surface area (Å²) in [6, 6.07) is 1.12. The first kappa shape index (κ1) is 13.8. The van der Waals surface area contributed by atoms with Crippen molar-refractivity contribution in [2.75, 3.05) is 18.1 Å². The summed E-state index contributed by atoms with van der Waals surface area (Å²) in [6.07, 6.45) is 2.16. The molecule has 3 rings (SSSR count). The van der Waals surface area contributed by atoms with Crippen LogP contribution in [0.5, 0.6) is 0 Å². The number of hydrogen-bond acceptors (Lipinski definition) is 7. The van der Waals surface area contributed by atoms with E-state index < -0.39 is 17.7 Å². The third kappa shape index (κ3) is 1.88. The van der Waals surface area contributed by atoms with Crippen LogP contribution in [0.25, 0.3) is 11.0 Å². The van der Waals surface area contributed by atoms with Gasteiger partial charge in [-0.3, -0.25) is 0 Å². The van der Waals surface area contributed by atoms with Crippen LogP contribution in [0.1, 0.15) is 13.0 Å². The molecule has 0 amide bonds. The van der Waals surface area contributed by atoms with Gasteiger partial charge < -0.3 is 31.4 Å². The van der Waals surface area contributed by atoms with E-state index in [4.69, 9.17) is 11.5 Å². The average molecular weight is 291 g/mol. The van der Waals surface area contributed by atoms with E-state index >= 15 is 0 Å². The third-order valence-corrected chi connectivity index (χ3v) is 3.98. The molecule has 0 radical (unpaired) electrons. The third-order valence-electron chi connectivity index (χ3n) is 3.98. The van der Waals surface area contributed by atoms with Gasteiger partial charge in [0.05, 0.1) is 18.0 Å². The van der Waals surface area contributed by atoms with Crippen LogP contribution in [0.15, 0.2) is 23.9 Å². The molecular formula is C13H17N5O3. The summed E-state index contributed by atoms with van der Waals surface area (Å²) in [5.74, 6) is 0.283. The number of rotatable bonds is 2. The number of aliphatic hydroxyl groups is 3. The summed E-state index contributed by atoms with van der Waals surface area (Å²) in [6.45, 7) is 1.17. The van der Waals surface area contributed by atoms with Crippen LogP contribution in [0.2, 0.25) is 0 Å². The van der Waals surface area contributed by atoms with Crippen LogP contribution >= 0.6 is 0 Å². The average Bonchev–Trinajstić information content (AvgIpc) is 2.91. The number of nitrogen functional groups attached to an aromatic ring is 2. The van der Waals surface area contributed by atoms with Crippen molar-refractivity contribution in [3.8, 4) is 0 Å². The van der Waals surface area contributed by atoms with Gasteiger partial charge in [0.25, 0.3) is 0 Å². The monoisotopic (exact) mass is 291 g/mol. The van der Waals surface area contributed by atoms with Gasteiger partial charge in [-0.15, -0.1) is 0 Å². The molecule has 3 atom stereocenters. The van der Waals surface area contributed by atoms with Gasteiger partial charge in [-0.25, -0.2) is 0 Å². The molecule has 0 aromatic carbocycles. The first-order chi connectivity index (χ1) is 9.86. The molecule has 0 saturated heterocycles. The Hall–Kier alpha value is -2.16. The molecule has 0 spiro atoms. The fourth-order valence-electron chi connectivity index (χ4n) is 2.80. The Morgan fingerprint density at radius 1 is 1.38 bits per heavy atom. The summed E-state index contributed by atoms with van der Waals surface area (Å²) in [5, 5.41) is 30.5. The second-order valence-electron chi connectivity index (χ2n) is 5.40. The first-order valence-corrected chi connectivity index (χ1v) is 6.47. The standard InChI is InChI=1S/C13H17N5O3/c1-13(21)8(4-6(5-19)9(13)20)18-3-2-7-10(14)16-12(15)17-11(7)18/h2-4,8-9,19-21H,5H2,1H3,(H4,14,15,16,17)/t8-,9-,13+/m1/s1. The normalized spacial score (nSPS) is 29.0. The molecule has 0 fully saturated rings. The molecular weight excluding hydrogens is 274 g/mol. The number of aromatic nitrogens is 3. The Bertz CT molecular complexity index is 737. The molecule has 1 aliphatic rings. The van der Waals surface area contributed by atoms with Gasteiger partial charge in [-0.05, 0) is 18.6 Å². The molecule has 8 heteroatoms. The van der Waals surface area contributed by atoms with Crippen molar-refractivity contribution >= 4 is 22.8 Å². The minimum absolute atomic E-state index is 0.0319. The topological polar surface area (TPSA) is 143 Å². The quantitative estimate of drug-likeness (QED) is 0.455. The van der Waals surface area contributed by atoms with Crippen molar-refractivity contribution in [2.24, 2.45) is 0 Å². The van der Waals surface area contributed by atoms with Crippen LogP contribution in [-0.2, 0) is 0 Å². The molecule has 7 N–H and O–H groups in total. The minimum atomic E-state index is -1.47. The lowest BCUT2D eigenvalue weighted by Crippen LogP contribution is -2.43. The Balaban J connectivity index is 2.19. The number of hydrogen-bond donors (Lipinski definition) is 5. The fourth-order valence-corrected chi connectivity index (χ4v) is 2.80. The zero-order valence-corrected chi connectivity index (χ0v) is 11.4. The van der Waals surface area contributed by atoms with Gasteiger partial charge >= 0.3 is 0 Å². The maximum Gasteiger partial charge on any atom is 0.223 e. The van der Waals surface area contributed by atoms with Crippen molar-refractivity contribution < 1.29 is 15.3 Å². The van der Waals surface area contributed by atoms with Crippen molar-refractivity contribution in [3.05, 3.63) is 23.9 Å². The molecule has 21 heavy (non-hydrogen) atoms. The van der Waals surface area contributed by atoms with Gasteiger partial charge in [0, 0.05) is 6.20 Å². The second kappa shape index (κ2) is 4.42. The molecule has 2 aromatic heterocycles. The molecule has 0 unspecified atom stereocenters. The van der Waals surface area contributed by atoms with Crippen LogP contribution in [-0.4, -0.2) is 48.2 Å². The molecule has 1 aliphatic carbocycles. The van der Waals surface area contributed by atoms with E-state index in [0.29, 0.717) is 16.6 Å². The smallest absolute Gasteiger partial charge is 0.223 e. The zero-order valence-electron chi connectivity index (χ0n) is 11.4. The van der Waals surface area contributed by atoms with Crippen LogP contribution in [0.4, 0.5) is 11.8 Å². The van der Waals surface area contributed by atoms with E-state index in [9.17, 15) is 15.3 Å². The summed E-state index contributed by atoms with van der Waals surface area (Å²) in [5.41, 5.74) is 10.8. The van der Waals surface area contributed by atoms with E-state index in [-0.39, 0.29) is 18.4 Å². The van der Waals surface area contributed by atoms with Gasteiger partial charge in [0.15, 0.2) is 0 Å². The highest BCUT2D eigenvalue weighted by molar-refractivity contribution is 5.87. The molecule has 2 heterocycles. The highest BCUT2D eigenvalue weighted by atomic mass is 16.3. The Morgan fingerprint density at radius 2 is 2.10 bits per heavy atom. The van der Waals surface area contributed by atoms with Crippen LogP contribution in [0, 0.1) is 0 Å². The second-order valence-corrected chi connectivity index (χ2v) is 5.40. The maximum absolute atomic E-state index is 10.6. The Kier molecular flexibility index (Phi) is 2.90. The van der Waals surface area contributed by atoms with Gasteiger partial charge in [0.1, 0.15) is 23.2 Å².